The second-order valence-corrected chi connectivity index (χ2v) is 9.06. The van der Waals surface area contributed by atoms with Gasteiger partial charge in [-0.25, -0.2) is 0 Å². The highest BCUT2D eigenvalue weighted by Crippen LogP contribution is 2.46. The summed E-state index contributed by atoms with van der Waals surface area (Å²) in [5.74, 6) is 0. The van der Waals surface area contributed by atoms with Gasteiger partial charge in [0.1, 0.15) is 0 Å². The molecule has 4 heterocycles. The van der Waals surface area contributed by atoms with E-state index >= 15 is 0 Å². The van der Waals surface area contributed by atoms with Gasteiger partial charge in [0, 0.05) is 25.1 Å². The predicted octanol–water partition coefficient (Wildman–Crippen LogP) is 6.92. The molecule has 3 aromatic heterocycles. The van der Waals surface area contributed by atoms with Gasteiger partial charge < -0.3 is 9.47 Å². The molecule has 4 aromatic rings. The Morgan fingerprint density at radius 1 is 0.731 bits per heavy atom. The maximum absolute atomic E-state index is 5.79. The Morgan fingerprint density at radius 2 is 1.54 bits per heavy atom. The fourth-order valence-corrected chi connectivity index (χ4v) is 6.21. The maximum Gasteiger partial charge on any atom is 0.185 e. The third-order valence-corrected chi connectivity index (χ3v) is 7.82. The summed E-state index contributed by atoms with van der Waals surface area (Å²) in [6, 6.07) is 21.5. The lowest BCUT2D eigenvalue weighted by atomic mass is 10.2. The summed E-state index contributed by atoms with van der Waals surface area (Å²) in [7, 11) is 0. The highest BCUT2D eigenvalue weighted by atomic mass is 32.1. The molecule has 1 aliphatic rings. The first-order chi connectivity index (χ1) is 12.9. The van der Waals surface area contributed by atoms with E-state index in [2.05, 4.69) is 66.0 Å². The van der Waals surface area contributed by atoms with Crippen LogP contribution < -0.4 is 0 Å². The molecule has 0 atom stereocenters. The zero-order valence-corrected chi connectivity index (χ0v) is 16.3. The van der Waals surface area contributed by atoms with Crippen molar-refractivity contribution in [3.05, 3.63) is 71.6 Å². The smallest absolute Gasteiger partial charge is 0.185 e. The van der Waals surface area contributed by atoms with Crippen LogP contribution in [0.25, 0.3) is 29.9 Å². The number of benzene rings is 1. The highest BCUT2D eigenvalue weighted by Gasteiger charge is 2.25. The molecule has 0 spiro atoms. The fourth-order valence-electron chi connectivity index (χ4n) is 3.07. The number of thiophene rings is 3. The molecule has 0 unspecified atom stereocenters. The SMILES string of the molecule is c1ccc(-c2ccc(-c3cc(C4OCCO4)c(-c4cccs4)s3)s2)cc1. The summed E-state index contributed by atoms with van der Waals surface area (Å²) in [6.45, 7) is 1.33. The minimum Gasteiger partial charge on any atom is -0.346 e. The van der Waals surface area contributed by atoms with Crippen LogP contribution in [0.3, 0.4) is 0 Å². The number of ether oxygens (including phenoxy) is 2. The fraction of sp³-hybridized carbons (Fsp3) is 0.143. The summed E-state index contributed by atoms with van der Waals surface area (Å²) >= 11 is 5.42. The summed E-state index contributed by atoms with van der Waals surface area (Å²) in [4.78, 5) is 6.39. The lowest BCUT2D eigenvalue weighted by molar-refractivity contribution is -0.0433. The first-order valence-electron chi connectivity index (χ1n) is 8.45. The third-order valence-electron chi connectivity index (χ3n) is 4.29. The predicted molar refractivity (Wildman–Crippen MR) is 111 cm³/mol. The Hall–Kier alpha value is -1.76. The minimum absolute atomic E-state index is 0.245. The zero-order valence-electron chi connectivity index (χ0n) is 13.9. The molecule has 0 aliphatic carbocycles. The molecule has 130 valence electrons. The number of hydrogen-bond acceptors (Lipinski definition) is 5. The molecule has 0 N–H and O–H groups in total. The largest absolute Gasteiger partial charge is 0.346 e. The van der Waals surface area contributed by atoms with Gasteiger partial charge in [0.15, 0.2) is 6.29 Å². The molecule has 0 bridgehead atoms. The van der Waals surface area contributed by atoms with E-state index < -0.39 is 0 Å². The van der Waals surface area contributed by atoms with E-state index in [0.717, 1.165) is 5.56 Å². The summed E-state index contributed by atoms with van der Waals surface area (Å²) in [5.41, 5.74) is 2.42. The van der Waals surface area contributed by atoms with Crippen LogP contribution in [-0.2, 0) is 9.47 Å². The van der Waals surface area contributed by atoms with E-state index in [1.807, 2.05) is 22.7 Å². The van der Waals surface area contributed by atoms with Crippen LogP contribution in [0, 0.1) is 0 Å². The maximum atomic E-state index is 5.79. The van der Waals surface area contributed by atoms with E-state index in [9.17, 15) is 0 Å². The molecule has 0 saturated carbocycles. The minimum atomic E-state index is -0.245. The van der Waals surface area contributed by atoms with Gasteiger partial charge in [-0.1, -0.05) is 36.4 Å². The third kappa shape index (κ3) is 3.06. The van der Waals surface area contributed by atoms with Gasteiger partial charge in [-0.05, 0) is 35.2 Å². The van der Waals surface area contributed by atoms with Crippen molar-refractivity contribution in [1.29, 1.82) is 0 Å². The molecule has 0 amide bonds. The van der Waals surface area contributed by atoms with Crippen molar-refractivity contribution in [2.75, 3.05) is 13.2 Å². The van der Waals surface area contributed by atoms with Crippen molar-refractivity contribution < 1.29 is 9.47 Å². The van der Waals surface area contributed by atoms with E-state index in [0.29, 0.717) is 13.2 Å². The Kier molecular flexibility index (Phi) is 4.48. The Labute approximate surface area is 164 Å². The van der Waals surface area contributed by atoms with Gasteiger partial charge in [-0.3, -0.25) is 0 Å². The van der Waals surface area contributed by atoms with Crippen molar-refractivity contribution in [2.24, 2.45) is 0 Å². The van der Waals surface area contributed by atoms with Gasteiger partial charge in [0.05, 0.1) is 18.1 Å². The van der Waals surface area contributed by atoms with Crippen LogP contribution in [0.15, 0.2) is 66.0 Å². The Balaban J connectivity index is 1.55. The van der Waals surface area contributed by atoms with Crippen molar-refractivity contribution in [2.45, 2.75) is 6.29 Å². The summed E-state index contributed by atoms with van der Waals surface area (Å²) in [5, 5.41) is 2.12. The van der Waals surface area contributed by atoms with Crippen LogP contribution in [-0.4, -0.2) is 13.2 Å². The standard InChI is InChI=1S/C21H16O2S3/c1-2-5-14(6-3-1)16-8-9-17(25-16)19-13-15(21-22-10-11-23-21)20(26-19)18-7-4-12-24-18/h1-9,12-13,21H,10-11H2. The Bertz CT molecular complexity index is 993. The van der Waals surface area contributed by atoms with E-state index in [-0.39, 0.29) is 6.29 Å². The molecule has 26 heavy (non-hydrogen) atoms. The summed E-state index contributed by atoms with van der Waals surface area (Å²) < 4.78 is 11.6. The average molecular weight is 397 g/mol. The molecule has 5 rings (SSSR count). The van der Waals surface area contributed by atoms with Gasteiger partial charge in [-0.15, -0.1) is 34.0 Å². The molecule has 2 nitrogen and oxygen atoms in total. The second-order valence-electron chi connectivity index (χ2n) is 5.98. The van der Waals surface area contributed by atoms with Crippen molar-refractivity contribution in [3.63, 3.8) is 0 Å². The zero-order chi connectivity index (χ0) is 17.3. The summed E-state index contributed by atoms with van der Waals surface area (Å²) in [6.07, 6.45) is -0.245. The molecule has 0 radical (unpaired) electrons. The van der Waals surface area contributed by atoms with Crippen LogP contribution in [0.1, 0.15) is 11.9 Å². The molecule has 5 heteroatoms. The molecular formula is C21H16O2S3. The highest BCUT2D eigenvalue weighted by molar-refractivity contribution is 7.27. The van der Waals surface area contributed by atoms with Crippen LogP contribution in [0.4, 0.5) is 0 Å². The van der Waals surface area contributed by atoms with Gasteiger partial charge in [0.25, 0.3) is 0 Å². The lowest BCUT2D eigenvalue weighted by Gasteiger charge is -2.08. The normalized spacial score (nSPS) is 14.9. The van der Waals surface area contributed by atoms with Crippen molar-refractivity contribution in [3.8, 4) is 29.9 Å². The lowest BCUT2D eigenvalue weighted by Crippen LogP contribution is -1.97. The van der Waals surface area contributed by atoms with Crippen molar-refractivity contribution >= 4 is 34.0 Å². The molecule has 1 saturated heterocycles. The monoisotopic (exact) mass is 396 g/mol. The molecule has 1 fully saturated rings. The second kappa shape index (κ2) is 7.10. The Morgan fingerprint density at radius 3 is 2.31 bits per heavy atom. The van der Waals surface area contributed by atoms with Crippen LogP contribution in [0.5, 0.6) is 0 Å². The quantitative estimate of drug-likeness (QED) is 0.373. The first kappa shape index (κ1) is 16.4. The number of rotatable bonds is 4. The average Bonchev–Trinajstić information content (AvgIpc) is 3.49. The molecule has 1 aliphatic heterocycles. The van der Waals surface area contributed by atoms with Crippen LogP contribution >= 0.6 is 34.0 Å². The van der Waals surface area contributed by atoms with E-state index in [4.69, 9.17) is 9.47 Å². The van der Waals surface area contributed by atoms with E-state index in [1.54, 1.807) is 11.3 Å². The van der Waals surface area contributed by atoms with Crippen molar-refractivity contribution in [1.82, 2.24) is 0 Å². The molecule has 1 aromatic carbocycles. The van der Waals surface area contributed by atoms with Gasteiger partial charge in [0.2, 0.25) is 0 Å². The van der Waals surface area contributed by atoms with E-state index in [1.165, 1.54) is 29.9 Å². The first-order valence-corrected chi connectivity index (χ1v) is 11.0. The number of hydrogen-bond donors (Lipinski definition) is 0. The topological polar surface area (TPSA) is 18.5 Å². The molecular weight excluding hydrogens is 380 g/mol. The van der Waals surface area contributed by atoms with Crippen LogP contribution in [0.2, 0.25) is 0 Å². The van der Waals surface area contributed by atoms with Gasteiger partial charge >= 0.3 is 0 Å². The van der Waals surface area contributed by atoms with Gasteiger partial charge in [-0.2, -0.15) is 0 Å².